The van der Waals surface area contributed by atoms with Gasteiger partial charge in [0, 0.05) is 13.1 Å². The molecule has 0 unspecified atom stereocenters. The number of hydrogen-bond acceptors (Lipinski definition) is 5. The second-order valence-corrected chi connectivity index (χ2v) is 7.84. The first-order valence-electron chi connectivity index (χ1n) is 4.63. The molecule has 1 aromatic heterocycles. The van der Waals surface area contributed by atoms with E-state index < -0.39 is 22.2 Å². The minimum Gasteiger partial charge on any atom is -0.389 e. The Labute approximate surface area is 112 Å². The van der Waals surface area contributed by atoms with E-state index in [0.29, 0.717) is 0 Å². The van der Waals surface area contributed by atoms with E-state index in [0.717, 1.165) is 15.6 Å². The van der Waals surface area contributed by atoms with Crippen molar-refractivity contribution in [2.75, 3.05) is 13.1 Å². The molecule has 0 saturated carbocycles. The van der Waals surface area contributed by atoms with Gasteiger partial charge >= 0.3 is 0 Å². The van der Waals surface area contributed by atoms with Crippen molar-refractivity contribution in [3.05, 3.63) is 14.7 Å². The summed E-state index contributed by atoms with van der Waals surface area (Å²) in [6, 6.07) is 1.26. The molecule has 0 amide bonds. The molecule has 1 fully saturated rings. The number of aliphatic hydroxyl groups is 2. The molecule has 17 heavy (non-hydrogen) atoms. The van der Waals surface area contributed by atoms with Crippen LogP contribution in [0.1, 0.15) is 0 Å². The van der Waals surface area contributed by atoms with Crippen LogP contribution in [0.15, 0.2) is 11.0 Å². The van der Waals surface area contributed by atoms with E-state index in [1.54, 1.807) is 0 Å². The lowest BCUT2D eigenvalue weighted by Crippen LogP contribution is -2.29. The van der Waals surface area contributed by atoms with Crippen LogP contribution < -0.4 is 0 Å². The van der Waals surface area contributed by atoms with Gasteiger partial charge < -0.3 is 10.2 Å². The number of β-amino-alcohol motifs (C(OH)–C–C–N with tert-alkyl or cyclic N) is 2. The largest absolute Gasteiger partial charge is 0.389 e. The smallest absolute Gasteiger partial charge is 0.245 e. The molecular formula is C8H9Cl2NO4S2. The quantitative estimate of drug-likeness (QED) is 0.845. The third-order valence-corrected chi connectivity index (χ3v) is 6.05. The number of rotatable bonds is 2. The zero-order chi connectivity index (χ0) is 12.8. The van der Waals surface area contributed by atoms with Crippen LogP contribution in [0.3, 0.4) is 0 Å². The summed E-state index contributed by atoms with van der Waals surface area (Å²) in [5.41, 5.74) is 0. The summed E-state index contributed by atoms with van der Waals surface area (Å²) in [5, 5.41) is 18.7. The third-order valence-electron chi connectivity index (χ3n) is 2.47. The summed E-state index contributed by atoms with van der Waals surface area (Å²) in [5.74, 6) is 0. The summed E-state index contributed by atoms with van der Waals surface area (Å²) in [6.07, 6.45) is -2.14. The van der Waals surface area contributed by atoms with E-state index in [1.807, 2.05) is 0 Å². The summed E-state index contributed by atoms with van der Waals surface area (Å²) in [4.78, 5) is -0.0875. The molecule has 96 valence electrons. The average molecular weight is 318 g/mol. The number of thiophene rings is 1. The fraction of sp³-hybridized carbons (Fsp3) is 0.500. The second kappa shape index (κ2) is 4.65. The molecular weight excluding hydrogens is 309 g/mol. The Morgan fingerprint density at radius 2 is 1.82 bits per heavy atom. The van der Waals surface area contributed by atoms with Gasteiger partial charge in [0.05, 0.1) is 16.5 Å². The summed E-state index contributed by atoms with van der Waals surface area (Å²) in [6.45, 7) is -0.291. The first kappa shape index (κ1) is 13.5. The predicted octanol–water partition coefficient (Wildman–Crippen LogP) is 0.781. The molecule has 1 saturated heterocycles. The molecule has 0 bridgehead atoms. The lowest BCUT2D eigenvalue weighted by molar-refractivity contribution is 0.0572. The Morgan fingerprint density at radius 3 is 2.24 bits per heavy atom. The molecule has 0 aliphatic carbocycles. The summed E-state index contributed by atoms with van der Waals surface area (Å²) in [7, 11) is -3.81. The number of hydrogen-bond donors (Lipinski definition) is 2. The van der Waals surface area contributed by atoms with Crippen LogP contribution in [0.25, 0.3) is 0 Å². The maximum Gasteiger partial charge on any atom is 0.245 e. The number of halogens is 2. The number of nitrogens with zero attached hydrogens (tertiary/aromatic N) is 1. The zero-order valence-electron chi connectivity index (χ0n) is 8.38. The first-order chi connectivity index (χ1) is 7.82. The molecule has 2 heterocycles. The highest BCUT2D eigenvalue weighted by Crippen LogP contribution is 2.36. The molecule has 9 heteroatoms. The Kier molecular flexibility index (Phi) is 3.71. The molecule has 2 rings (SSSR count). The normalized spacial score (nSPS) is 26.6. The monoisotopic (exact) mass is 317 g/mol. The average Bonchev–Trinajstić information content (AvgIpc) is 2.72. The Hall–Kier alpha value is 0.110. The fourth-order valence-electron chi connectivity index (χ4n) is 1.57. The van der Waals surface area contributed by atoms with Crippen molar-refractivity contribution >= 4 is 44.6 Å². The maximum atomic E-state index is 12.1. The first-order valence-corrected chi connectivity index (χ1v) is 7.64. The van der Waals surface area contributed by atoms with Crippen molar-refractivity contribution in [3.8, 4) is 0 Å². The van der Waals surface area contributed by atoms with Crippen LogP contribution in [-0.4, -0.2) is 48.2 Å². The van der Waals surface area contributed by atoms with Crippen molar-refractivity contribution in [2.24, 2.45) is 0 Å². The van der Waals surface area contributed by atoms with Crippen molar-refractivity contribution in [1.82, 2.24) is 4.31 Å². The van der Waals surface area contributed by atoms with Gasteiger partial charge in [-0.05, 0) is 6.07 Å². The molecule has 0 radical (unpaired) electrons. The lowest BCUT2D eigenvalue weighted by Gasteiger charge is -2.14. The SMILES string of the molecule is O=S(=O)(c1cc(Cl)sc1Cl)N1C[C@@H](O)[C@@H](O)C1. The second-order valence-electron chi connectivity index (χ2n) is 3.65. The Balaban J connectivity index is 2.35. The van der Waals surface area contributed by atoms with Gasteiger partial charge in [0.25, 0.3) is 0 Å². The van der Waals surface area contributed by atoms with E-state index in [1.165, 1.54) is 6.07 Å². The van der Waals surface area contributed by atoms with Crippen LogP contribution in [0, 0.1) is 0 Å². The molecule has 1 aliphatic rings. The minimum atomic E-state index is -3.81. The molecule has 1 aliphatic heterocycles. The molecule has 2 N–H and O–H groups in total. The van der Waals surface area contributed by atoms with Crippen LogP contribution in [0.4, 0.5) is 0 Å². The van der Waals surface area contributed by atoms with Gasteiger partial charge in [-0.3, -0.25) is 0 Å². The van der Waals surface area contributed by atoms with E-state index in [-0.39, 0.29) is 26.7 Å². The molecule has 0 aromatic carbocycles. The van der Waals surface area contributed by atoms with E-state index in [9.17, 15) is 18.6 Å². The third kappa shape index (κ3) is 2.46. The standard InChI is InChI=1S/C8H9Cl2NO4S2/c9-7-1-6(8(10)16-7)17(14,15)11-2-4(12)5(13)3-11/h1,4-5,12-13H,2-3H2/t4-,5+. The van der Waals surface area contributed by atoms with Crippen molar-refractivity contribution in [3.63, 3.8) is 0 Å². The van der Waals surface area contributed by atoms with E-state index in [4.69, 9.17) is 23.2 Å². The van der Waals surface area contributed by atoms with Gasteiger partial charge in [-0.2, -0.15) is 4.31 Å². The van der Waals surface area contributed by atoms with E-state index >= 15 is 0 Å². The highest BCUT2D eigenvalue weighted by atomic mass is 35.5. The lowest BCUT2D eigenvalue weighted by atomic mass is 10.3. The van der Waals surface area contributed by atoms with Crippen molar-refractivity contribution in [1.29, 1.82) is 0 Å². The van der Waals surface area contributed by atoms with Gasteiger partial charge in [0.15, 0.2) is 0 Å². The van der Waals surface area contributed by atoms with Crippen LogP contribution in [0.2, 0.25) is 8.67 Å². The van der Waals surface area contributed by atoms with Gasteiger partial charge in [-0.25, -0.2) is 8.42 Å². The van der Waals surface area contributed by atoms with Crippen LogP contribution in [0.5, 0.6) is 0 Å². The fourth-order valence-corrected chi connectivity index (χ4v) is 5.16. The van der Waals surface area contributed by atoms with Crippen molar-refractivity contribution < 1.29 is 18.6 Å². The maximum absolute atomic E-state index is 12.1. The highest BCUT2D eigenvalue weighted by Gasteiger charge is 2.38. The Bertz CT molecular complexity index is 520. The van der Waals surface area contributed by atoms with Gasteiger partial charge in [-0.1, -0.05) is 23.2 Å². The Morgan fingerprint density at radius 1 is 1.29 bits per heavy atom. The minimum absolute atomic E-state index is 0.0749. The number of sulfonamides is 1. The van der Waals surface area contributed by atoms with Gasteiger partial charge in [0.2, 0.25) is 10.0 Å². The molecule has 5 nitrogen and oxygen atoms in total. The highest BCUT2D eigenvalue weighted by molar-refractivity contribution is 7.89. The molecule has 1 aromatic rings. The number of aliphatic hydroxyl groups excluding tert-OH is 2. The zero-order valence-corrected chi connectivity index (χ0v) is 11.5. The topological polar surface area (TPSA) is 77.8 Å². The van der Waals surface area contributed by atoms with Crippen molar-refractivity contribution in [2.45, 2.75) is 17.1 Å². The summed E-state index contributed by atoms with van der Waals surface area (Å²) < 4.78 is 25.6. The molecule has 0 spiro atoms. The summed E-state index contributed by atoms with van der Waals surface area (Å²) >= 11 is 12.4. The van der Waals surface area contributed by atoms with Gasteiger partial charge in [-0.15, -0.1) is 11.3 Å². The van der Waals surface area contributed by atoms with E-state index in [2.05, 4.69) is 0 Å². The van der Waals surface area contributed by atoms with Gasteiger partial charge in [0.1, 0.15) is 9.23 Å². The molecule has 2 atom stereocenters. The predicted molar refractivity (Wildman–Crippen MR) is 65.1 cm³/mol. The van der Waals surface area contributed by atoms with Crippen LogP contribution in [-0.2, 0) is 10.0 Å². The van der Waals surface area contributed by atoms with Crippen LogP contribution >= 0.6 is 34.5 Å².